The van der Waals surface area contributed by atoms with Crippen LogP contribution in [0.1, 0.15) is 18.1 Å². The lowest BCUT2D eigenvalue weighted by Gasteiger charge is -2.14. The van der Waals surface area contributed by atoms with E-state index in [4.69, 9.17) is 0 Å². The number of aliphatic hydroxyl groups excluding tert-OH is 1. The van der Waals surface area contributed by atoms with Crippen molar-refractivity contribution in [3.63, 3.8) is 0 Å². The van der Waals surface area contributed by atoms with Gasteiger partial charge in [0.25, 0.3) is 0 Å². The molecule has 0 aromatic heterocycles. The van der Waals surface area contributed by atoms with Gasteiger partial charge in [0.1, 0.15) is 11.5 Å². The molecule has 2 nitrogen and oxygen atoms in total. The fraction of sp³-hybridized carbons (Fsp3) is 0.100. The molecule has 0 aliphatic heterocycles. The summed E-state index contributed by atoms with van der Waals surface area (Å²) in [5, 5.41) is 20.0. The molecular weight excluding hydrogens is 272 g/mol. The molecule has 2 rings (SSSR count). The summed E-state index contributed by atoms with van der Waals surface area (Å²) in [6.07, 6.45) is 5.59. The molecule has 2 heteroatoms. The topological polar surface area (TPSA) is 40.5 Å². The van der Waals surface area contributed by atoms with E-state index < -0.39 is 0 Å². The molecule has 0 heterocycles. The summed E-state index contributed by atoms with van der Waals surface area (Å²) in [5.74, 6) is 0.264. The molecule has 0 aliphatic carbocycles. The summed E-state index contributed by atoms with van der Waals surface area (Å²) < 4.78 is 0. The number of aromatic hydroxyl groups is 1. The minimum Gasteiger partial charge on any atom is -0.508 e. The molecule has 0 unspecified atom stereocenters. The number of aliphatic hydroxyl groups is 1. The lowest BCUT2D eigenvalue weighted by Crippen LogP contribution is -1.94. The molecule has 0 fully saturated rings. The Morgan fingerprint density at radius 2 is 1.73 bits per heavy atom. The van der Waals surface area contributed by atoms with E-state index in [1.54, 1.807) is 12.1 Å². The number of hydrogen-bond acceptors (Lipinski definition) is 2. The third-order valence-electron chi connectivity index (χ3n) is 3.58. The second-order valence-electron chi connectivity index (χ2n) is 5.05. The van der Waals surface area contributed by atoms with Gasteiger partial charge in [0.15, 0.2) is 0 Å². The highest BCUT2D eigenvalue weighted by molar-refractivity contribution is 5.84. The molecule has 2 N–H and O–H groups in total. The van der Waals surface area contributed by atoms with E-state index in [2.05, 4.69) is 6.58 Å². The third kappa shape index (κ3) is 3.12. The largest absolute Gasteiger partial charge is 0.508 e. The Bertz CT molecular complexity index is 752. The molecule has 0 atom stereocenters. The highest BCUT2D eigenvalue weighted by Crippen LogP contribution is 2.35. The standard InChI is InChI=1S/C20H20O2/c1-4-5-9-18(15(3)21)16-11-8-12-17(14(16)2)19-10-6-7-13-20(19)22/h4-13,21-22H,3H2,1-2H3/b5-4-,18-9+. The Balaban J connectivity index is 2.64. The van der Waals surface area contributed by atoms with Gasteiger partial charge in [-0.2, -0.15) is 0 Å². The molecule has 0 amide bonds. The van der Waals surface area contributed by atoms with Gasteiger partial charge in [-0.1, -0.05) is 61.2 Å². The molecule has 2 aromatic rings. The van der Waals surface area contributed by atoms with Gasteiger partial charge in [-0.25, -0.2) is 0 Å². The van der Waals surface area contributed by atoms with Crippen molar-refractivity contribution in [2.45, 2.75) is 13.8 Å². The Kier molecular flexibility index (Phi) is 4.84. The van der Waals surface area contributed by atoms with Crippen LogP contribution in [0.2, 0.25) is 0 Å². The van der Waals surface area contributed by atoms with Crippen molar-refractivity contribution < 1.29 is 10.2 Å². The first-order chi connectivity index (χ1) is 10.6. The van der Waals surface area contributed by atoms with Crippen LogP contribution in [-0.2, 0) is 0 Å². The summed E-state index contributed by atoms with van der Waals surface area (Å²) in [4.78, 5) is 0. The molecular formula is C20H20O2. The maximum atomic E-state index is 10.1. The van der Waals surface area contributed by atoms with Crippen LogP contribution in [0.15, 0.2) is 73.0 Å². The Labute approximate surface area is 131 Å². The average Bonchev–Trinajstić information content (AvgIpc) is 2.50. The molecule has 0 radical (unpaired) electrons. The van der Waals surface area contributed by atoms with Crippen molar-refractivity contribution in [3.05, 3.63) is 84.2 Å². The van der Waals surface area contributed by atoms with Gasteiger partial charge in [0.2, 0.25) is 0 Å². The zero-order valence-electron chi connectivity index (χ0n) is 12.9. The summed E-state index contributed by atoms with van der Waals surface area (Å²) in [7, 11) is 0. The minimum absolute atomic E-state index is 0.0237. The molecule has 22 heavy (non-hydrogen) atoms. The number of rotatable bonds is 4. The van der Waals surface area contributed by atoms with Crippen LogP contribution < -0.4 is 0 Å². The minimum atomic E-state index is 0.0237. The first kappa shape index (κ1) is 15.6. The SMILES string of the molecule is C=C(O)/C(=C\C=C/C)c1cccc(-c2ccccc2O)c1C. The lowest BCUT2D eigenvalue weighted by atomic mass is 9.91. The van der Waals surface area contributed by atoms with Crippen LogP contribution >= 0.6 is 0 Å². The maximum Gasteiger partial charge on any atom is 0.123 e. The van der Waals surface area contributed by atoms with Gasteiger partial charge in [-0.05, 0) is 36.6 Å². The van der Waals surface area contributed by atoms with Crippen molar-refractivity contribution in [2.24, 2.45) is 0 Å². The number of phenols is 1. The van der Waals surface area contributed by atoms with E-state index >= 15 is 0 Å². The molecule has 0 saturated carbocycles. The number of phenolic OH excluding ortho intramolecular Hbond substituents is 1. The molecule has 0 bridgehead atoms. The first-order valence-electron chi connectivity index (χ1n) is 7.15. The van der Waals surface area contributed by atoms with Gasteiger partial charge in [-0.15, -0.1) is 0 Å². The molecule has 0 saturated heterocycles. The van der Waals surface area contributed by atoms with Crippen LogP contribution in [0, 0.1) is 6.92 Å². The number of hydrogen-bond donors (Lipinski definition) is 2. The van der Waals surface area contributed by atoms with Gasteiger partial charge >= 0.3 is 0 Å². The Morgan fingerprint density at radius 1 is 1.05 bits per heavy atom. The fourth-order valence-corrected chi connectivity index (χ4v) is 2.45. The van der Waals surface area contributed by atoms with Gasteiger partial charge in [0, 0.05) is 11.1 Å². The van der Waals surface area contributed by atoms with E-state index in [0.29, 0.717) is 5.57 Å². The van der Waals surface area contributed by atoms with Crippen LogP contribution in [0.3, 0.4) is 0 Å². The predicted molar refractivity (Wildman–Crippen MR) is 92.8 cm³/mol. The van der Waals surface area contributed by atoms with Gasteiger partial charge in [0.05, 0.1) is 0 Å². The average molecular weight is 292 g/mol. The van der Waals surface area contributed by atoms with E-state index in [1.807, 2.05) is 62.4 Å². The summed E-state index contributed by atoms with van der Waals surface area (Å²) in [6.45, 7) is 7.54. The third-order valence-corrected chi connectivity index (χ3v) is 3.58. The van der Waals surface area contributed by atoms with Crippen molar-refractivity contribution in [3.8, 4) is 16.9 Å². The molecule has 0 aliphatic rings. The van der Waals surface area contributed by atoms with Gasteiger partial charge in [-0.3, -0.25) is 0 Å². The molecule has 2 aromatic carbocycles. The smallest absolute Gasteiger partial charge is 0.123 e. The van der Waals surface area contributed by atoms with Crippen molar-refractivity contribution in [1.29, 1.82) is 0 Å². The summed E-state index contributed by atoms with van der Waals surface area (Å²) >= 11 is 0. The van der Waals surface area contributed by atoms with Crippen LogP contribution in [-0.4, -0.2) is 10.2 Å². The van der Waals surface area contributed by atoms with Crippen LogP contribution in [0.5, 0.6) is 5.75 Å². The molecule has 112 valence electrons. The van der Waals surface area contributed by atoms with Crippen molar-refractivity contribution in [1.82, 2.24) is 0 Å². The normalized spacial score (nSPS) is 11.8. The lowest BCUT2D eigenvalue weighted by molar-refractivity contribution is 0.440. The second-order valence-corrected chi connectivity index (χ2v) is 5.05. The monoisotopic (exact) mass is 292 g/mol. The fourth-order valence-electron chi connectivity index (χ4n) is 2.45. The Hall–Kier alpha value is -2.74. The zero-order valence-corrected chi connectivity index (χ0v) is 12.9. The zero-order chi connectivity index (χ0) is 16.1. The Morgan fingerprint density at radius 3 is 2.36 bits per heavy atom. The van der Waals surface area contributed by atoms with Crippen LogP contribution in [0.4, 0.5) is 0 Å². The number of allylic oxidation sites excluding steroid dienone is 4. The number of benzene rings is 2. The summed E-state index contributed by atoms with van der Waals surface area (Å²) in [5.41, 5.74) is 4.26. The van der Waals surface area contributed by atoms with Gasteiger partial charge < -0.3 is 10.2 Å². The number of para-hydroxylation sites is 1. The van der Waals surface area contributed by atoms with E-state index in [-0.39, 0.29) is 11.5 Å². The highest BCUT2D eigenvalue weighted by atomic mass is 16.3. The van der Waals surface area contributed by atoms with Crippen LogP contribution in [0.25, 0.3) is 16.7 Å². The highest BCUT2D eigenvalue weighted by Gasteiger charge is 2.13. The predicted octanol–water partition coefficient (Wildman–Crippen LogP) is 5.40. The second kappa shape index (κ2) is 6.81. The quantitative estimate of drug-likeness (QED) is 0.585. The first-order valence-corrected chi connectivity index (χ1v) is 7.15. The van der Waals surface area contributed by atoms with Crippen molar-refractivity contribution in [2.75, 3.05) is 0 Å². The van der Waals surface area contributed by atoms with E-state index in [1.165, 1.54) is 0 Å². The van der Waals surface area contributed by atoms with Crippen molar-refractivity contribution >= 4 is 5.57 Å². The van der Waals surface area contributed by atoms with E-state index in [0.717, 1.165) is 22.3 Å². The summed E-state index contributed by atoms with van der Waals surface area (Å²) in [6, 6.07) is 13.1. The molecule has 0 spiro atoms. The van der Waals surface area contributed by atoms with E-state index in [9.17, 15) is 10.2 Å². The maximum absolute atomic E-state index is 10.1.